The molecule has 1 aliphatic rings. The predicted octanol–water partition coefficient (Wildman–Crippen LogP) is 3.82. The van der Waals surface area contributed by atoms with Crippen LogP contribution in [-0.2, 0) is 6.54 Å². The average molecular weight is 256 g/mol. The van der Waals surface area contributed by atoms with E-state index >= 15 is 0 Å². The summed E-state index contributed by atoms with van der Waals surface area (Å²) in [7, 11) is 0. The maximum Gasteiger partial charge on any atom is 0.0991 e. The predicted molar refractivity (Wildman–Crippen MR) is 78.6 cm³/mol. The van der Waals surface area contributed by atoms with Gasteiger partial charge in [0.15, 0.2) is 0 Å². The van der Waals surface area contributed by atoms with Crippen molar-refractivity contribution in [3.63, 3.8) is 0 Å². The number of rotatable bonds is 4. The van der Waals surface area contributed by atoms with Gasteiger partial charge in [-0.25, -0.2) is 0 Å². The molecule has 0 saturated carbocycles. The minimum Gasteiger partial charge on any atom is -0.299 e. The summed E-state index contributed by atoms with van der Waals surface area (Å²) in [5.41, 5.74) is 2.07. The van der Waals surface area contributed by atoms with E-state index in [-0.39, 0.29) is 0 Å². The highest BCUT2D eigenvalue weighted by Gasteiger charge is 2.19. The number of piperidine rings is 1. The van der Waals surface area contributed by atoms with E-state index in [1.54, 1.807) is 0 Å². The van der Waals surface area contributed by atoms with Crippen molar-refractivity contribution in [1.29, 1.82) is 5.26 Å². The molecule has 1 aliphatic heterocycles. The molecule has 19 heavy (non-hydrogen) atoms. The molecule has 0 atom stereocenters. The van der Waals surface area contributed by atoms with Crippen LogP contribution in [0.5, 0.6) is 0 Å². The van der Waals surface area contributed by atoms with Crippen LogP contribution in [-0.4, -0.2) is 18.0 Å². The first-order chi connectivity index (χ1) is 9.17. The van der Waals surface area contributed by atoms with Gasteiger partial charge in [0.25, 0.3) is 0 Å². The van der Waals surface area contributed by atoms with Crippen LogP contribution >= 0.6 is 0 Å². The van der Waals surface area contributed by atoms with E-state index < -0.39 is 0 Å². The normalized spacial score (nSPS) is 17.6. The summed E-state index contributed by atoms with van der Waals surface area (Å²) in [6, 6.07) is 10.2. The van der Waals surface area contributed by atoms with Crippen LogP contribution in [0.15, 0.2) is 24.3 Å². The molecule has 0 aromatic heterocycles. The van der Waals surface area contributed by atoms with E-state index in [1.807, 2.05) is 12.1 Å². The van der Waals surface area contributed by atoms with Gasteiger partial charge in [-0.05, 0) is 61.9 Å². The molecule has 0 bridgehead atoms. The number of benzene rings is 1. The van der Waals surface area contributed by atoms with Gasteiger partial charge < -0.3 is 0 Å². The van der Waals surface area contributed by atoms with E-state index in [1.165, 1.54) is 37.9 Å². The summed E-state index contributed by atoms with van der Waals surface area (Å²) in [4.78, 5) is 2.54. The van der Waals surface area contributed by atoms with Crippen LogP contribution in [0.25, 0.3) is 0 Å². The maximum atomic E-state index is 8.79. The lowest BCUT2D eigenvalue weighted by atomic mass is 9.88. The smallest absolute Gasteiger partial charge is 0.0991 e. The summed E-state index contributed by atoms with van der Waals surface area (Å²) in [5, 5.41) is 8.79. The van der Waals surface area contributed by atoms with Crippen molar-refractivity contribution in [2.45, 2.75) is 39.7 Å². The second kappa shape index (κ2) is 6.73. The molecule has 0 amide bonds. The largest absolute Gasteiger partial charge is 0.299 e. The molecule has 0 N–H and O–H groups in total. The molecule has 0 spiro atoms. The molecule has 1 aromatic rings. The zero-order valence-corrected chi connectivity index (χ0v) is 12.1. The van der Waals surface area contributed by atoms with Gasteiger partial charge >= 0.3 is 0 Å². The molecule has 102 valence electrons. The standard InChI is InChI=1S/C17H24N2/c1-14(2)11-15-7-9-19(10-8-15)13-17-5-3-16(12-18)4-6-17/h3-6,14-15H,7-11,13H2,1-2H3. The summed E-state index contributed by atoms with van der Waals surface area (Å²) in [6.07, 6.45) is 4.06. The number of hydrogen-bond acceptors (Lipinski definition) is 2. The van der Waals surface area contributed by atoms with Gasteiger partial charge in [0.2, 0.25) is 0 Å². The lowest BCUT2D eigenvalue weighted by molar-refractivity contribution is 0.164. The number of likely N-dealkylation sites (tertiary alicyclic amines) is 1. The molecule has 1 aromatic carbocycles. The lowest BCUT2D eigenvalue weighted by Gasteiger charge is -2.32. The molecule has 1 fully saturated rings. The van der Waals surface area contributed by atoms with E-state index in [0.717, 1.165) is 23.9 Å². The SMILES string of the molecule is CC(C)CC1CCN(Cc2ccc(C#N)cc2)CC1. The van der Waals surface area contributed by atoms with Gasteiger partial charge in [0.05, 0.1) is 11.6 Å². The van der Waals surface area contributed by atoms with E-state index in [2.05, 4.69) is 36.9 Å². The van der Waals surface area contributed by atoms with Gasteiger partial charge in [-0.3, -0.25) is 4.90 Å². The first kappa shape index (κ1) is 14.1. The Morgan fingerprint density at radius 2 is 1.84 bits per heavy atom. The van der Waals surface area contributed by atoms with Gasteiger partial charge in [0.1, 0.15) is 0 Å². The molecular weight excluding hydrogens is 232 g/mol. The molecule has 2 nitrogen and oxygen atoms in total. The fraction of sp³-hybridized carbons (Fsp3) is 0.588. The van der Waals surface area contributed by atoms with E-state index in [4.69, 9.17) is 5.26 Å². The van der Waals surface area contributed by atoms with Gasteiger partial charge in [-0.2, -0.15) is 5.26 Å². The van der Waals surface area contributed by atoms with Gasteiger partial charge in [0, 0.05) is 6.54 Å². The number of nitrogens with zero attached hydrogens (tertiary/aromatic N) is 2. The van der Waals surface area contributed by atoms with Crippen molar-refractivity contribution < 1.29 is 0 Å². The van der Waals surface area contributed by atoms with Crippen LogP contribution in [0.3, 0.4) is 0 Å². The summed E-state index contributed by atoms with van der Waals surface area (Å²) in [6.45, 7) is 8.11. The minimum atomic E-state index is 0.749. The zero-order chi connectivity index (χ0) is 13.7. The maximum absolute atomic E-state index is 8.79. The highest BCUT2D eigenvalue weighted by Crippen LogP contribution is 2.24. The van der Waals surface area contributed by atoms with Gasteiger partial charge in [-0.15, -0.1) is 0 Å². The minimum absolute atomic E-state index is 0.749. The topological polar surface area (TPSA) is 27.0 Å². The zero-order valence-electron chi connectivity index (χ0n) is 12.1. The van der Waals surface area contributed by atoms with Crippen LogP contribution in [0.2, 0.25) is 0 Å². The summed E-state index contributed by atoms with van der Waals surface area (Å²) >= 11 is 0. The van der Waals surface area contributed by atoms with Gasteiger partial charge in [-0.1, -0.05) is 26.0 Å². The molecule has 1 saturated heterocycles. The number of nitriles is 1. The highest BCUT2D eigenvalue weighted by atomic mass is 15.1. The average Bonchev–Trinajstić information content (AvgIpc) is 2.41. The Kier molecular flexibility index (Phi) is 4.99. The first-order valence-electron chi connectivity index (χ1n) is 7.38. The van der Waals surface area contributed by atoms with Crippen LogP contribution in [0, 0.1) is 23.2 Å². The first-order valence-corrected chi connectivity index (χ1v) is 7.38. The Bertz CT molecular complexity index is 420. The Morgan fingerprint density at radius 1 is 1.21 bits per heavy atom. The van der Waals surface area contributed by atoms with Crippen molar-refractivity contribution >= 4 is 0 Å². The Balaban J connectivity index is 1.80. The second-order valence-electron chi connectivity index (χ2n) is 6.16. The third-order valence-electron chi connectivity index (χ3n) is 4.00. The molecular formula is C17H24N2. The van der Waals surface area contributed by atoms with Crippen molar-refractivity contribution in [2.75, 3.05) is 13.1 Å². The van der Waals surface area contributed by atoms with Crippen molar-refractivity contribution in [2.24, 2.45) is 11.8 Å². The molecule has 0 unspecified atom stereocenters. The second-order valence-corrected chi connectivity index (χ2v) is 6.16. The Labute approximate surface area is 117 Å². The molecule has 2 rings (SSSR count). The highest BCUT2D eigenvalue weighted by molar-refractivity contribution is 5.31. The fourth-order valence-electron chi connectivity index (χ4n) is 2.99. The quantitative estimate of drug-likeness (QED) is 0.819. The molecule has 2 heteroatoms. The number of hydrogen-bond donors (Lipinski definition) is 0. The van der Waals surface area contributed by atoms with Crippen molar-refractivity contribution in [3.8, 4) is 6.07 Å². The molecule has 1 heterocycles. The fourth-order valence-corrected chi connectivity index (χ4v) is 2.99. The third kappa shape index (κ3) is 4.36. The van der Waals surface area contributed by atoms with Crippen LogP contribution in [0.1, 0.15) is 44.2 Å². The Morgan fingerprint density at radius 3 is 2.37 bits per heavy atom. The summed E-state index contributed by atoms with van der Waals surface area (Å²) < 4.78 is 0. The molecule has 0 radical (unpaired) electrons. The molecule has 0 aliphatic carbocycles. The van der Waals surface area contributed by atoms with Crippen molar-refractivity contribution in [3.05, 3.63) is 35.4 Å². The van der Waals surface area contributed by atoms with Crippen LogP contribution < -0.4 is 0 Å². The lowest BCUT2D eigenvalue weighted by Crippen LogP contribution is -2.33. The van der Waals surface area contributed by atoms with Crippen LogP contribution in [0.4, 0.5) is 0 Å². The monoisotopic (exact) mass is 256 g/mol. The summed E-state index contributed by atoms with van der Waals surface area (Å²) in [5.74, 6) is 1.76. The van der Waals surface area contributed by atoms with E-state index in [9.17, 15) is 0 Å². The van der Waals surface area contributed by atoms with E-state index in [0.29, 0.717) is 0 Å². The van der Waals surface area contributed by atoms with Crippen molar-refractivity contribution in [1.82, 2.24) is 4.90 Å². The Hall–Kier alpha value is -1.33. The third-order valence-corrected chi connectivity index (χ3v) is 4.00.